The van der Waals surface area contributed by atoms with E-state index in [2.05, 4.69) is 20.9 Å². The number of carbonyl (C=O) groups excluding carboxylic acids is 1. The van der Waals surface area contributed by atoms with Crippen molar-refractivity contribution in [2.75, 3.05) is 20.3 Å². The van der Waals surface area contributed by atoms with Crippen molar-refractivity contribution in [2.24, 2.45) is 0 Å². The Balaban J connectivity index is 2.32. The number of hydrogen-bond acceptors (Lipinski definition) is 5. The van der Waals surface area contributed by atoms with Crippen LogP contribution in [-0.2, 0) is 11.3 Å². The topological polar surface area (TPSA) is 71.9 Å². The van der Waals surface area contributed by atoms with Crippen LogP contribution in [0.4, 0.5) is 4.79 Å². The van der Waals surface area contributed by atoms with Crippen molar-refractivity contribution >= 4 is 33.6 Å². The summed E-state index contributed by atoms with van der Waals surface area (Å²) in [6.45, 7) is 5.53. The predicted octanol–water partition coefficient (Wildman–Crippen LogP) is 4.90. The lowest BCUT2D eigenvalue weighted by Gasteiger charge is -2.27. The number of amides is 1. The molecule has 0 fully saturated rings. The first-order chi connectivity index (χ1) is 13.2. The Bertz CT molecular complexity index is 839. The monoisotopic (exact) mass is 470 g/mol. The van der Waals surface area contributed by atoms with Gasteiger partial charge >= 0.3 is 6.09 Å². The number of halogens is 2. The summed E-state index contributed by atoms with van der Waals surface area (Å²) in [5.41, 5.74) is 1.48. The van der Waals surface area contributed by atoms with Gasteiger partial charge in [0, 0.05) is 22.1 Å². The molecule has 0 saturated carbocycles. The number of benzene rings is 1. The minimum atomic E-state index is -0.631. The van der Waals surface area contributed by atoms with Crippen LogP contribution in [0.25, 0.3) is 11.3 Å². The maximum atomic E-state index is 12.4. The van der Waals surface area contributed by atoms with Gasteiger partial charge in [-0.05, 0) is 54.9 Å². The van der Waals surface area contributed by atoms with E-state index >= 15 is 0 Å². The van der Waals surface area contributed by atoms with E-state index in [1.165, 1.54) is 12.0 Å². The van der Waals surface area contributed by atoms with Crippen molar-refractivity contribution in [1.82, 2.24) is 9.88 Å². The molecule has 1 N–H and O–H groups in total. The van der Waals surface area contributed by atoms with Crippen molar-refractivity contribution in [3.05, 3.63) is 45.4 Å². The van der Waals surface area contributed by atoms with Gasteiger partial charge in [-0.25, -0.2) is 9.78 Å². The fraction of sp³-hybridized carbons (Fsp3) is 0.400. The van der Waals surface area contributed by atoms with E-state index in [4.69, 9.17) is 21.1 Å². The molecule has 0 aliphatic heterocycles. The van der Waals surface area contributed by atoms with Crippen LogP contribution in [0.5, 0.6) is 5.88 Å². The van der Waals surface area contributed by atoms with Gasteiger partial charge < -0.3 is 19.5 Å². The van der Waals surface area contributed by atoms with Gasteiger partial charge in [0.1, 0.15) is 5.60 Å². The third-order valence-corrected chi connectivity index (χ3v) is 5.04. The maximum Gasteiger partial charge on any atom is 0.410 e. The smallest absolute Gasteiger partial charge is 0.410 e. The second kappa shape index (κ2) is 9.58. The van der Waals surface area contributed by atoms with Crippen molar-refractivity contribution in [1.29, 1.82) is 0 Å². The molecule has 0 saturated heterocycles. The number of aliphatic hydroxyl groups excluding tert-OH is 1. The molecular weight excluding hydrogens is 448 g/mol. The highest BCUT2D eigenvalue weighted by Gasteiger charge is 2.23. The second-order valence-electron chi connectivity index (χ2n) is 7.09. The summed E-state index contributed by atoms with van der Waals surface area (Å²) in [6.07, 6.45) is -0.511. The third-order valence-electron chi connectivity index (χ3n) is 3.74. The lowest BCUT2D eigenvalue weighted by molar-refractivity contribution is 0.0200. The highest BCUT2D eigenvalue weighted by molar-refractivity contribution is 9.10. The Hall–Kier alpha value is -1.83. The van der Waals surface area contributed by atoms with E-state index in [9.17, 15) is 9.90 Å². The molecule has 0 atom stereocenters. The van der Waals surface area contributed by atoms with Crippen LogP contribution in [0, 0.1) is 0 Å². The molecular formula is C20H24BrClN2O4. The Labute approximate surface area is 178 Å². The summed E-state index contributed by atoms with van der Waals surface area (Å²) >= 11 is 9.78. The van der Waals surface area contributed by atoms with Gasteiger partial charge in [0.25, 0.3) is 0 Å². The number of aliphatic hydroxyl groups is 1. The summed E-state index contributed by atoms with van der Waals surface area (Å²) in [7, 11) is 1.52. The van der Waals surface area contributed by atoms with E-state index in [0.717, 1.165) is 10.0 Å². The van der Waals surface area contributed by atoms with Crippen molar-refractivity contribution in [3.63, 3.8) is 0 Å². The van der Waals surface area contributed by atoms with Crippen LogP contribution in [0.15, 0.2) is 34.8 Å². The Morgan fingerprint density at radius 3 is 2.61 bits per heavy atom. The summed E-state index contributed by atoms with van der Waals surface area (Å²) < 4.78 is 11.6. The number of methoxy groups -OCH3 is 1. The van der Waals surface area contributed by atoms with Gasteiger partial charge in [-0.3, -0.25) is 0 Å². The van der Waals surface area contributed by atoms with Crippen LogP contribution < -0.4 is 4.74 Å². The average Bonchev–Trinajstić information content (AvgIpc) is 2.62. The molecule has 0 aliphatic rings. The van der Waals surface area contributed by atoms with Crippen LogP contribution in [-0.4, -0.2) is 46.9 Å². The van der Waals surface area contributed by atoms with Gasteiger partial charge in [0.05, 0.1) is 31.0 Å². The third kappa shape index (κ3) is 5.83. The zero-order valence-electron chi connectivity index (χ0n) is 16.3. The lowest BCUT2D eigenvalue weighted by atomic mass is 10.1. The molecule has 2 rings (SSSR count). The molecule has 0 bridgehead atoms. The van der Waals surface area contributed by atoms with E-state index in [0.29, 0.717) is 22.2 Å². The lowest BCUT2D eigenvalue weighted by Crippen LogP contribution is -2.38. The molecule has 152 valence electrons. The summed E-state index contributed by atoms with van der Waals surface area (Å²) in [6, 6.07) is 9.24. The van der Waals surface area contributed by atoms with Gasteiger partial charge in [-0.15, -0.1) is 0 Å². The van der Waals surface area contributed by atoms with E-state index in [1.54, 1.807) is 20.8 Å². The van der Waals surface area contributed by atoms with E-state index in [1.807, 2.05) is 30.3 Å². The summed E-state index contributed by atoms with van der Waals surface area (Å²) in [5.74, 6) is 0.375. The minimum absolute atomic E-state index is 0.136. The highest BCUT2D eigenvalue weighted by Crippen LogP contribution is 2.34. The Kier molecular flexibility index (Phi) is 7.69. The molecule has 1 heterocycles. The Morgan fingerprint density at radius 2 is 2.00 bits per heavy atom. The zero-order chi connectivity index (χ0) is 20.9. The van der Waals surface area contributed by atoms with Crippen molar-refractivity contribution in [2.45, 2.75) is 32.9 Å². The molecule has 0 aliphatic carbocycles. The molecule has 1 aromatic heterocycles. The van der Waals surface area contributed by atoms with Crippen LogP contribution in [0.1, 0.15) is 26.3 Å². The number of aromatic nitrogens is 1. The predicted molar refractivity (Wildman–Crippen MR) is 113 cm³/mol. The summed E-state index contributed by atoms with van der Waals surface area (Å²) in [4.78, 5) is 18.4. The number of carbonyl (C=O) groups is 1. The van der Waals surface area contributed by atoms with Crippen LogP contribution in [0.3, 0.4) is 0 Å². The number of nitrogens with zero attached hydrogens (tertiary/aromatic N) is 2. The first-order valence-corrected chi connectivity index (χ1v) is 9.90. The Morgan fingerprint density at radius 1 is 1.29 bits per heavy atom. The van der Waals surface area contributed by atoms with Gasteiger partial charge in [-0.1, -0.05) is 23.7 Å². The average molecular weight is 472 g/mol. The molecule has 28 heavy (non-hydrogen) atoms. The molecule has 1 aromatic carbocycles. The number of pyridine rings is 1. The fourth-order valence-electron chi connectivity index (χ4n) is 2.51. The molecule has 6 nitrogen and oxygen atoms in total. The molecule has 8 heteroatoms. The van der Waals surface area contributed by atoms with Gasteiger partial charge in [0.2, 0.25) is 5.88 Å². The van der Waals surface area contributed by atoms with Crippen molar-refractivity contribution < 1.29 is 19.4 Å². The second-order valence-corrected chi connectivity index (χ2v) is 8.32. The fourth-order valence-corrected chi connectivity index (χ4v) is 3.09. The minimum Gasteiger partial charge on any atom is -0.481 e. The zero-order valence-corrected chi connectivity index (χ0v) is 18.7. The maximum absolute atomic E-state index is 12.4. The standard InChI is InChI=1S/C20H24BrClN2O4/c1-20(2,3)28-19(26)24(10-11-25)12-13-8-9-16(23-18(13)27-4)14-6-5-7-15(21)17(14)22/h5-9,25H,10-12H2,1-4H3. The highest BCUT2D eigenvalue weighted by atomic mass is 79.9. The quantitative estimate of drug-likeness (QED) is 0.648. The molecule has 0 radical (unpaired) electrons. The van der Waals surface area contributed by atoms with Crippen LogP contribution >= 0.6 is 27.5 Å². The largest absolute Gasteiger partial charge is 0.481 e. The molecule has 2 aromatic rings. The van der Waals surface area contributed by atoms with Gasteiger partial charge in [-0.2, -0.15) is 0 Å². The SMILES string of the molecule is COc1nc(-c2cccc(Br)c2Cl)ccc1CN(CCO)C(=O)OC(C)(C)C. The number of hydrogen-bond donors (Lipinski definition) is 1. The number of rotatable bonds is 6. The first kappa shape index (κ1) is 22.5. The first-order valence-electron chi connectivity index (χ1n) is 8.73. The number of ether oxygens (including phenoxy) is 2. The molecule has 0 spiro atoms. The molecule has 0 unspecified atom stereocenters. The van der Waals surface area contributed by atoms with E-state index < -0.39 is 11.7 Å². The van der Waals surface area contributed by atoms with Crippen molar-refractivity contribution in [3.8, 4) is 17.1 Å². The van der Waals surface area contributed by atoms with E-state index in [-0.39, 0.29) is 19.7 Å². The van der Waals surface area contributed by atoms with Gasteiger partial charge in [0.15, 0.2) is 0 Å². The van der Waals surface area contributed by atoms with Crippen LogP contribution in [0.2, 0.25) is 5.02 Å². The molecule has 1 amide bonds. The normalized spacial score (nSPS) is 11.2. The summed E-state index contributed by atoms with van der Waals surface area (Å²) in [5, 5.41) is 9.88.